The van der Waals surface area contributed by atoms with Gasteiger partial charge in [0.2, 0.25) is 0 Å². The molecule has 5 heteroatoms. The van der Waals surface area contributed by atoms with Crippen LogP contribution in [0.25, 0.3) is 0 Å². The van der Waals surface area contributed by atoms with Crippen LogP contribution < -0.4 is 5.23 Å². The minimum absolute atomic E-state index is 0.423. The van der Waals surface area contributed by atoms with E-state index in [0.29, 0.717) is 18.6 Å². The Morgan fingerprint density at radius 3 is 2.93 bits per heavy atom. The number of rotatable bonds is 5. The first-order chi connectivity index (χ1) is 6.72. The van der Waals surface area contributed by atoms with Gasteiger partial charge in [0.25, 0.3) is 0 Å². The first kappa shape index (κ1) is 12.0. The average molecular weight is 201 g/mol. The maximum Gasteiger partial charge on any atom is 0.373 e. The van der Waals surface area contributed by atoms with Crippen LogP contribution in [-0.4, -0.2) is 30.0 Å². The molecule has 0 saturated heterocycles. The summed E-state index contributed by atoms with van der Waals surface area (Å²) in [6, 6.07) is 0.424. The molecule has 1 aliphatic rings. The summed E-state index contributed by atoms with van der Waals surface area (Å²) in [5.74, 6) is 0.618. The fourth-order valence-electron chi connectivity index (χ4n) is 2.27. The number of hydrogen-bond donors (Lipinski definition) is 3. The molecule has 0 radical (unpaired) electrons. The van der Waals surface area contributed by atoms with E-state index in [4.69, 9.17) is 5.26 Å². The lowest BCUT2D eigenvalue weighted by atomic mass is 9.79. The van der Waals surface area contributed by atoms with Crippen molar-refractivity contribution in [3.63, 3.8) is 0 Å². The summed E-state index contributed by atoms with van der Waals surface area (Å²) >= 11 is 0. The van der Waals surface area contributed by atoms with Crippen molar-refractivity contribution in [2.75, 3.05) is 6.61 Å². The SMILES string of the molecule is CB(O)NC1CCCC(CCOO)C1. The van der Waals surface area contributed by atoms with E-state index in [-0.39, 0.29) is 0 Å². The quantitative estimate of drug-likeness (QED) is 0.354. The zero-order valence-electron chi connectivity index (χ0n) is 8.78. The Morgan fingerprint density at radius 1 is 1.50 bits per heavy atom. The molecular formula is C9H20BNO3. The van der Waals surface area contributed by atoms with Gasteiger partial charge in [0.1, 0.15) is 0 Å². The maximum atomic E-state index is 9.19. The summed E-state index contributed by atoms with van der Waals surface area (Å²) in [5.41, 5.74) is 0. The highest BCUT2D eigenvalue weighted by molar-refractivity contribution is 6.45. The van der Waals surface area contributed by atoms with Crippen molar-refractivity contribution in [1.82, 2.24) is 5.23 Å². The normalized spacial score (nSPS) is 27.6. The van der Waals surface area contributed by atoms with Crippen LogP contribution in [0.4, 0.5) is 0 Å². The van der Waals surface area contributed by atoms with E-state index in [2.05, 4.69) is 10.1 Å². The second-order valence-corrected chi connectivity index (χ2v) is 4.19. The fraction of sp³-hybridized carbons (Fsp3) is 1.00. The fourth-order valence-corrected chi connectivity index (χ4v) is 2.27. The van der Waals surface area contributed by atoms with Crippen LogP contribution in [0.15, 0.2) is 0 Å². The summed E-state index contributed by atoms with van der Waals surface area (Å²) in [5, 5.41) is 20.6. The van der Waals surface area contributed by atoms with Crippen LogP contribution in [0, 0.1) is 5.92 Å². The molecule has 0 bridgehead atoms. The van der Waals surface area contributed by atoms with Crippen LogP contribution in [-0.2, 0) is 4.89 Å². The Hall–Kier alpha value is -0.0951. The molecule has 2 unspecified atom stereocenters. The van der Waals surface area contributed by atoms with Gasteiger partial charge in [-0.3, -0.25) is 5.26 Å². The maximum absolute atomic E-state index is 9.19. The number of hydrogen-bond acceptors (Lipinski definition) is 4. The van der Waals surface area contributed by atoms with Crippen LogP contribution in [0.5, 0.6) is 0 Å². The molecule has 1 rings (SSSR count). The summed E-state index contributed by atoms with van der Waals surface area (Å²) in [7, 11) is -0.423. The lowest BCUT2D eigenvalue weighted by molar-refractivity contribution is -0.244. The Labute approximate surface area is 85.7 Å². The van der Waals surface area contributed by atoms with Gasteiger partial charge in [0, 0.05) is 0 Å². The minimum atomic E-state index is -0.423. The van der Waals surface area contributed by atoms with E-state index in [1.54, 1.807) is 6.82 Å². The monoisotopic (exact) mass is 201 g/mol. The molecule has 0 aromatic carbocycles. The standard InChI is InChI=1S/C9H20BNO3/c1-10(12)11-9-4-2-3-8(7-9)5-6-14-13/h8-9,11-13H,2-7H2,1H3. The molecule has 1 aliphatic carbocycles. The van der Waals surface area contributed by atoms with Gasteiger partial charge in [0.05, 0.1) is 6.61 Å². The lowest BCUT2D eigenvalue weighted by Gasteiger charge is -2.30. The first-order valence-electron chi connectivity index (χ1n) is 5.43. The predicted octanol–water partition coefficient (Wildman–Crippen LogP) is 1.12. The van der Waals surface area contributed by atoms with Crippen molar-refractivity contribution >= 4 is 7.05 Å². The Kier molecular flexibility index (Phi) is 5.48. The van der Waals surface area contributed by atoms with E-state index < -0.39 is 7.05 Å². The van der Waals surface area contributed by atoms with Gasteiger partial charge >= 0.3 is 7.05 Å². The molecule has 3 N–H and O–H groups in total. The molecule has 0 heterocycles. The minimum Gasteiger partial charge on any atom is -0.437 e. The number of nitrogens with one attached hydrogen (secondary N) is 1. The van der Waals surface area contributed by atoms with Gasteiger partial charge in [-0.15, -0.1) is 0 Å². The smallest absolute Gasteiger partial charge is 0.373 e. The summed E-state index contributed by atoms with van der Waals surface area (Å²) in [6.07, 6.45) is 5.53. The predicted molar refractivity (Wildman–Crippen MR) is 55.9 cm³/mol. The average Bonchev–Trinajstić information content (AvgIpc) is 2.14. The third kappa shape index (κ3) is 4.42. The van der Waals surface area contributed by atoms with Gasteiger partial charge in [-0.2, -0.15) is 0 Å². The highest BCUT2D eigenvalue weighted by atomic mass is 17.1. The second-order valence-electron chi connectivity index (χ2n) is 4.19. The third-order valence-electron chi connectivity index (χ3n) is 2.88. The molecule has 0 amide bonds. The molecule has 2 atom stereocenters. The van der Waals surface area contributed by atoms with Gasteiger partial charge in [0.15, 0.2) is 0 Å². The van der Waals surface area contributed by atoms with E-state index in [0.717, 1.165) is 19.3 Å². The Bertz CT molecular complexity index is 157. The Balaban J connectivity index is 2.21. The van der Waals surface area contributed by atoms with Crippen LogP contribution >= 0.6 is 0 Å². The van der Waals surface area contributed by atoms with E-state index in [9.17, 15) is 5.02 Å². The molecule has 0 aromatic heterocycles. The third-order valence-corrected chi connectivity index (χ3v) is 2.88. The highest BCUT2D eigenvalue weighted by Crippen LogP contribution is 2.26. The van der Waals surface area contributed by atoms with Gasteiger partial charge < -0.3 is 10.3 Å². The van der Waals surface area contributed by atoms with E-state index >= 15 is 0 Å². The topological polar surface area (TPSA) is 61.7 Å². The van der Waals surface area contributed by atoms with E-state index in [1.807, 2.05) is 0 Å². The molecular weight excluding hydrogens is 181 g/mol. The van der Waals surface area contributed by atoms with Crippen molar-refractivity contribution in [2.24, 2.45) is 5.92 Å². The molecule has 0 aromatic rings. The summed E-state index contributed by atoms with van der Waals surface area (Å²) in [6.45, 7) is 2.17. The van der Waals surface area contributed by atoms with Crippen molar-refractivity contribution in [3.05, 3.63) is 0 Å². The molecule has 82 valence electrons. The molecule has 1 fully saturated rings. The zero-order valence-corrected chi connectivity index (χ0v) is 8.78. The van der Waals surface area contributed by atoms with Crippen LogP contribution in [0.3, 0.4) is 0 Å². The molecule has 0 spiro atoms. The van der Waals surface area contributed by atoms with Gasteiger partial charge in [-0.1, -0.05) is 12.8 Å². The summed E-state index contributed by atoms with van der Waals surface area (Å²) in [4.78, 5) is 4.09. The molecule has 4 nitrogen and oxygen atoms in total. The first-order valence-corrected chi connectivity index (χ1v) is 5.43. The van der Waals surface area contributed by atoms with Crippen molar-refractivity contribution in [1.29, 1.82) is 0 Å². The van der Waals surface area contributed by atoms with Crippen LogP contribution in [0.1, 0.15) is 32.1 Å². The van der Waals surface area contributed by atoms with E-state index in [1.165, 1.54) is 12.8 Å². The highest BCUT2D eigenvalue weighted by Gasteiger charge is 2.23. The largest absolute Gasteiger partial charge is 0.437 e. The summed E-state index contributed by atoms with van der Waals surface area (Å²) < 4.78 is 0. The van der Waals surface area contributed by atoms with Gasteiger partial charge in [-0.25, -0.2) is 4.89 Å². The van der Waals surface area contributed by atoms with Crippen molar-refractivity contribution in [3.8, 4) is 0 Å². The van der Waals surface area contributed by atoms with Crippen LogP contribution in [0.2, 0.25) is 6.82 Å². The lowest BCUT2D eigenvalue weighted by Crippen LogP contribution is -2.42. The molecule has 1 saturated carbocycles. The van der Waals surface area contributed by atoms with Gasteiger partial charge in [-0.05, 0) is 38.0 Å². The van der Waals surface area contributed by atoms with Crippen molar-refractivity contribution < 1.29 is 15.2 Å². The van der Waals surface area contributed by atoms with Crippen molar-refractivity contribution in [2.45, 2.75) is 45.0 Å². The second kappa shape index (κ2) is 6.40. The Morgan fingerprint density at radius 2 is 2.29 bits per heavy atom. The molecule has 0 aliphatic heterocycles. The zero-order chi connectivity index (χ0) is 10.4. The molecule has 14 heavy (non-hydrogen) atoms.